The van der Waals surface area contributed by atoms with Crippen molar-refractivity contribution in [3.05, 3.63) is 76.8 Å². The van der Waals surface area contributed by atoms with E-state index in [-0.39, 0.29) is 5.91 Å². The molecule has 0 spiro atoms. The van der Waals surface area contributed by atoms with E-state index in [9.17, 15) is 4.79 Å². The van der Waals surface area contributed by atoms with E-state index < -0.39 is 0 Å². The monoisotopic (exact) mass is 434 g/mol. The fourth-order valence-corrected chi connectivity index (χ4v) is 4.64. The van der Waals surface area contributed by atoms with Gasteiger partial charge in [0.15, 0.2) is 0 Å². The summed E-state index contributed by atoms with van der Waals surface area (Å²) in [5, 5.41) is 2.99. The van der Waals surface area contributed by atoms with Crippen molar-refractivity contribution in [3.63, 3.8) is 0 Å². The van der Waals surface area contributed by atoms with Crippen LogP contribution in [0.2, 0.25) is 0 Å². The molecule has 0 radical (unpaired) electrons. The van der Waals surface area contributed by atoms with Crippen LogP contribution in [0.4, 0.5) is 0 Å². The normalized spacial score (nSPS) is 15.2. The molecule has 1 aliphatic heterocycles. The summed E-state index contributed by atoms with van der Waals surface area (Å²) in [6, 6.07) is 18.7. The molecule has 3 aromatic rings. The molecule has 0 unspecified atom stereocenters. The number of amides is 1. The van der Waals surface area contributed by atoms with E-state index in [2.05, 4.69) is 41.1 Å². The summed E-state index contributed by atoms with van der Waals surface area (Å²) in [6.45, 7) is 6.07. The van der Waals surface area contributed by atoms with E-state index in [4.69, 9.17) is 4.98 Å². The summed E-state index contributed by atoms with van der Waals surface area (Å²) >= 11 is 1.61. The second-order valence-electron chi connectivity index (χ2n) is 8.34. The quantitative estimate of drug-likeness (QED) is 0.568. The van der Waals surface area contributed by atoms with Crippen LogP contribution in [0.25, 0.3) is 10.6 Å². The molecular weight excluding hydrogens is 404 g/mol. The fraction of sp³-hybridized carbons (Fsp3) is 0.360. The zero-order chi connectivity index (χ0) is 21.6. The molecule has 1 saturated heterocycles. The lowest BCUT2D eigenvalue weighted by Crippen LogP contribution is -2.43. The largest absolute Gasteiger partial charge is 0.341 e. The Kier molecular flexibility index (Phi) is 7.12. The van der Waals surface area contributed by atoms with Gasteiger partial charge in [0, 0.05) is 57.3 Å². The third kappa shape index (κ3) is 6.00. The minimum Gasteiger partial charge on any atom is -0.341 e. The van der Waals surface area contributed by atoms with Gasteiger partial charge in [-0.05, 0) is 24.2 Å². The van der Waals surface area contributed by atoms with Gasteiger partial charge in [-0.2, -0.15) is 0 Å². The molecule has 1 fully saturated rings. The maximum Gasteiger partial charge on any atom is 0.228 e. The van der Waals surface area contributed by atoms with Gasteiger partial charge in [0.05, 0.1) is 12.1 Å². The Morgan fingerprint density at radius 2 is 1.77 bits per heavy atom. The molecule has 0 bridgehead atoms. The molecule has 0 saturated carbocycles. The van der Waals surface area contributed by atoms with Gasteiger partial charge in [0.1, 0.15) is 5.01 Å². The Balaban J connectivity index is 1.36. The van der Waals surface area contributed by atoms with Crippen molar-refractivity contribution in [2.75, 3.05) is 40.3 Å². The van der Waals surface area contributed by atoms with Crippen molar-refractivity contribution in [3.8, 4) is 10.6 Å². The number of hydrogen-bond acceptors (Lipinski definition) is 5. The number of carbonyl (C=O) groups is 1. The lowest BCUT2D eigenvalue weighted by molar-refractivity contribution is -0.129. The zero-order valence-electron chi connectivity index (χ0n) is 18.3. The van der Waals surface area contributed by atoms with E-state index in [1.165, 1.54) is 5.56 Å². The van der Waals surface area contributed by atoms with Gasteiger partial charge in [-0.3, -0.25) is 9.69 Å². The van der Waals surface area contributed by atoms with Crippen molar-refractivity contribution in [2.45, 2.75) is 19.5 Å². The smallest absolute Gasteiger partial charge is 0.228 e. The van der Waals surface area contributed by atoms with Crippen LogP contribution in [0.1, 0.15) is 16.8 Å². The molecule has 6 heteroatoms. The molecule has 0 N–H and O–H groups in total. The van der Waals surface area contributed by atoms with Crippen LogP contribution in [-0.2, 0) is 24.3 Å². The number of hydrogen-bond donors (Lipinski definition) is 0. The van der Waals surface area contributed by atoms with Crippen molar-refractivity contribution < 1.29 is 4.79 Å². The summed E-state index contributed by atoms with van der Waals surface area (Å²) < 4.78 is 0. The molecule has 31 heavy (non-hydrogen) atoms. The molecule has 2 heterocycles. The first kappa shape index (κ1) is 21.7. The summed E-state index contributed by atoms with van der Waals surface area (Å²) in [5.74, 6) is 0.0875. The van der Waals surface area contributed by atoms with Gasteiger partial charge in [-0.25, -0.2) is 4.98 Å². The van der Waals surface area contributed by atoms with Crippen LogP contribution < -0.4 is 0 Å². The standard InChI is InChI=1S/C25H30N4OS/c1-27-11-13-29(14-12-27)18-21-9-6-10-22(15-21)25-26-23(19-31-25)16-24(30)28(2)17-20-7-4-3-5-8-20/h3-10,15,19H,11-14,16-18H2,1-2H3. The summed E-state index contributed by atoms with van der Waals surface area (Å²) in [6.07, 6.45) is 0.334. The van der Waals surface area contributed by atoms with Crippen LogP contribution in [0, 0.1) is 0 Å². The highest BCUT2D eigenvalue weighted by atomic mass is 32.1. The molecular formula is C25H30N4OS. The average Bonchev–Trinajstić information content (AvgIpc) is 3.25. The van der Waals surface area contributed by atoms with Gasteiger partial charge in [0.2, 0.25) is 5.91 Å². The number of nitrogens with zero attached hydrogens (tertiary/aromatic N) is 4. The summed E-state index contributed by atoms with van der Waals surface area (Å²) in [7, 11) is 4.03. The minimum atomic E-state index is 0.0875. The number of piperazine rings is 1. The highest BCUT2D eigenvalue weighted by Crippen LogP contribution is 2.25. The Bertz CT molecular complexity index is 996. The average molecular weight is 435 g/mol. The summed E-state index contributed by atoms with van der Waals surface area (Å²) in [4.78, 5) is 24.1. The van der Waals surface area contributed by atoms with Gasteiger partial charge in [-0.15, -0.1) is 11.3 Å². The lowest BCUT2D eigenvalue weighted by atomic mass is 10.1. The molecule has 1 aromatic heterocycles. The third-order valence-electron chi connectivity index (χ3n) is 5.75. The van der Waals surface area contributed by atoms with Crippen molar-refractivity contribution >= 4 is 17.2 Å². The number of thiazole rings is 1. The van der Waals surface area contributed by atoms with Crippen LogP contribution in [0.15, 0.2) is 60.0 Å². The first-order valence-corrected chi connectivity index (χ1v) is 11.7. The number of benzene rings is 2. The summed E-state index contributed by atoms with van der Waals surface area (Å²) in [5.41, 5.74) is 4.43. The number of carbonyl (C=O) groups excluding carboxylic acids is 1. The van der Waals surface area contributed by atoms with E-state index in [1.54, 1.807) is 16.2 Å². The molecule has 1 aliphatic rings. The topological polar surface area (TPSA) is 39.7 Å². The number of rotatable bonds is 7. The van der Waals surface area contributed by atoms with Gasteiger partial charge < -0.3 is 9.80 Å². The third-order valence-corrected chi connectivity index (χ3v) is 6.69. The van der Waals surface area contributed by atoms with Crippen LogP contribution in [0.3, 0.4) is 0 Å². The second-order valence-corrected chi connectivity index (χ2v) is 9.19. The predicted molar refractivity (Wildman–Crippen MR) is 127 cm³/mol. The first-order valence-electron chi connectivity index (χ1n) is 10.8. The van der Waals surface area contributed by atoms with Crippen molar-refractivity contribution in [1.29, 1.82) is 0 Å². The number of likely N-dealkylation sites (N-methyl/N-ethyl adjacent to an activating group) is 2. The van der Waals surface area contributed by atoms with E-state index >= 15 is 0 Å². The van der Waals surface area contributed by atoms with Crippen LogP contribution in [0.5, 0.6) is 0 Å². The molecule has 4 rings (SSSR count). The fourth-order valence-electron chi connectivity index (χ4n) is 3.82. The predicted octanol–water partition coefficient (Wildman–Crippen LogP) is 3.76. The molecule has 0 atom stereocenters. The Labute approximate surface area is 188 Å². The Morgan fingerprint density at radius 3 is 2.55 bits per heavy atom. The molecule has 162 valence electrons. The van der Waals surface area contributed by atoms with Crippen LogP contribution in [-0.4, -0.2) is 65.9 Å². The van der Waals surface area contributed by atoms with Gasteiger partial charge in [-0.1, -0.05) is 48.5 Å². The Hall–Kier alpha value is -2.54. The highest BCUT2D eigenvalue weighted by molar-refractivity contribution is 7.13. The first-order chi connectivity index (χ1) is 15.1. The van der Waals surface area contributed by atoms with E-state index in [0.717, 1.165) is 54.6 Å². The van der Waals surface area contributed by atoms with Crippen molar-refractivity contribution in [1.82, 2.24) is 19.7 Å². The minimum absolute atomic E-state index is 0.0875. The SMILES string of the molecule is CN1CCN(Cc2cccc(-c3nc(CC(=O)N(C)Cc4ccccc4)cs3)c2)CC1. The van der Waals surface area contributed by atoms with E-state index in [1.807, 2.05) is 42.8 Å². The molecule has 2 aromatic carbocycles. The van der Waals surface area contributed by atoms with Crippen molar-refractivity contribution in [2.24, 2.45) is 0 Å². The maximum absolute atomic E-state index is 12.6. The van der Waals surface area contributed by atoms with Gasteiger partial charge in [0.25, 0.3) is 0 Å². The highest BCUT2D eigenvalue weighted by Gasteiger charge is 2.16. The lowest BCUT2D eigenvalue weighted by Gasteiger charge is -2.32. The van der Waals surface area contributed by atoms with Crippen LogP contribution >= 0.6 is 11.3 Å². The molecule has 0 aliphatic carbocycles. The zero-order valence-corrected chi connectivity index (χ0v) is 19.1. The number of aromatic nitrogens is 1. The van der Waals surface area contributed by atoms with E-state index in [0.29, 0.717) is 13.0 Å². The Morgan fingerprint density at radius 1 is 1.03 bits per heavy atom. The molecule has 1 amide bonds. The molecule has 5 nitrogen and oxygen atoms in total. The van der Waals surface area contributed by atoms with Gasteiger partial charge >= 0.3 is 0 Å². The maximum atomic E-state index is 12.6. The second kappa shape index (κ2) is 10.2.